The quantitative estimate of drug-likeness (QED) is 0.309. The summed E-state index contributed by atoms with van der Waals surface area (Å²) < 4.78 is 9.69. The van der Waals surface area contributed by atoms with Gasteiger partial charge in [-0.3, -0.25) is 4.40 Å². The van der Waals surface area contributed by atoms with Crippen LogP contribution < -0.4 is 0 Å². The van der Waals surface area contributed by atoms with E-state index in [1.165, 1.54) is 0 Å². The maximum atomic E-state index is 10.3. The Balaban J connectivity index is 1.90. The number of hydrogen-bond donors (Lipinski definition) is 1. The summed E-state index contributed by atoms with van der Waals surface area (Å²) in [5.41, 5.74) is 1.94. The highest BCUT2D eigenvalue weighted by molar-refractivity contribution is 9.11. The average molecular weight is 540 g/mol. The Bertz CT molecular complexity index is 1130. The fourth-order valence-corrected chi connectivity index (χ4v) is 4.12. The van der Waals surface area contributed by atoms with Gasteiger partial charge >= 0.3 is 0 Å². The molecule has 0 unspecified atom stereocenters. The van der Waals surface area contributed by atoms with Gasteiger partial charge in [-0.1, -0.05) is 15.9 Å². The van der Waals surface area contributed by atoms with Crippen LogP contribution in [0.2, 0.25) is 0 Å². The molecule has 0 saturated carbocycles. The van der Waals surface area contributed by atoms with Crippen LogP contribution in [0.5, 0.6) is 5.75 Å². The summed E-state index contributed by atoms with van der Waals surface area (Å²) in [7, 11) is 0. The third-order valence-corrected chi connectivity index (χ3v) is 5.23. The van der Waals surface area contributed by atoms with Crippen molar-refractivity contribution in [1.29, 1.82) is 0 Å². The number of aliphatic imine (C=N–C) groups is 1. The summed E-state index contributed by atoms with van der Waals surface area (Å²) in [5.74, 6) is 1.34. The minimum absolute atomic E-state index is 0.117. The lowest BCUT2D eigenvalue weighted by Crippen LogP contribution is -1.87. The molecular formula is C18H10Br3N3O2. The highest BCUT2D eigenvalue weighted by atomic mass is 79.9. The second-order valence-corrected chi connectivity index (χ2v) is 8.11. The van der Waals surface area contributed by atoms with Crippen molar-refractivity contribution in [1.82, 2.24) is 9.38 Å². The molecule has 26 heavy (non-hydrogen) atoms. The van der Waals surface area contributed by atoms with Crippen LogP contribution in [0.4, 0.5) is 5.82 Å². The number of fused-ring (bicyclic) bond motifs is 1. The zero-order chi connectivity index (χ0) is 18.3. The molecule has 4 rings (SSSR count). The molecule has 1 aromatic carbocycles. The molecule has 0 fully saturated rings. The first-order chi connectivity index (χ1) is 12.5. The van der Waals surface area contributed by atoms with Crippen LogP contribution in [0.3, 0.4) is 0 Å². The smallest absolute Gasteiger partial charge is 0.168 e. The lowest BCUT2D eigenvalue weighted by atomic mass is 10.2. The Kier molecular flexibility index (Phi) is 4.73. The second kappa shape index (κ2) is 7.02. The Labute approximate surface area is 173 Å². The van der Waals surface area contributed by atoms with Gasteiger partial charge in [-0.15, -0.1) is 0 Å². The number of furan rings is 1. The van der Waals surface area contributed by atoms with E-state index in [9.17, 15) is 5.11 Å². The molecule has 0 amide bonds. The predicted octanol–water partition coefficient (Wildman–Crippen LogP) is 6.34. The normalized spacial score (nSPS) is 11.7. The first kappa shape index (κ1) is 17.5. The highest BCUT2D eigenvalue weighted by Gasteiger charge is 2.16. The van der Waals surface area contributed by atoms with E-state index in [4.69, 9.17) is 4.42 Å². The fourth-order valence-electron chi connectivity index (χ4n) is 2.52. The van der Waals surface area contributed by atoms with Gasteiger partial charge in [0.25, 0.3) is 0 Å². The van der Waals surface area contributed by atoms with E-state index in [1.807, 2.05) is 28.8 Å². The number of benzene rings is 1. The topological polar surface area (TPSA) is 63.0 Å². The molecule has 5 nitrogen and oxygen atoms in total. The lowest BCUT2D eigenvalue weighted by molar-refractivity contribution is 0.471. The first-order valence-corrected chi connectivity index (χ1v) is 9.84. The molecule has 4 aromatic rings. The molecule has 0 radical (unpaired) electrons. The van der Waals surface area contributed by atoms with Gasteiger partial charge in [-0.25, -0.2) is 9.98 Å². The van der Waals surface area contributed by atoms with Crippen molar-refractivity contribution in [3.8, 4) is 17.2 Å². The Morgan fingerprint density at radius 2 is 1.96 bits per heavy atom. The molecule has 1 N–H and O–H groups in total. The van der Waals surface area contributed by atoms with E-state index >= 15 is 0 Å². The molecular weight excluding hydrogens is 530 g/mol. The lowest BCUT2D eigenvalue weighted by Gasteiger charge is -2.03. The molecule has 8 heteroatoms. The summed E-state index contributed by atoms with van der Waals surface area (Å²) in [6.45, 7) is 0. The zero-order valence-corrected chi connectivity index (χ0v) is 17.8. The van der Waals surface area contributed by atoms with Gasteiger partial charge in [-0.05, 0) is 68.3 Å². The van der Waals surface area contributed by atoms with Gasteiger partial charge in [-0.2, -0.15) is 0 Å². The van der Waals surface area contributed by atoms with E-state index in [-0.39, 0.29) is 5.75 Å². The molecule has 3 heterocycles. The molecule has 0 aliphatic heterocycles. The Hall–Kier alpha value is -1.90. The van der Waals surface area contributed by atoms with E-state index in [0.717, 1.165) is 14.6 Å². The summed E-state index contributed by atoms with van der Waals surface area (Å²) in [6.07, 6.45) is 5.08. The van der Waals surface area contributed by atoms with Crippen LogP contribution in [0.25, 0.3) is 17.1 Å². The number of imidazole rings is 1. The predicted molar refractivity (Wildman–Crippen MR) is 111 cm³/mol. The minimum atomic E-state index is 0.117. The van der Waals surface area contributed by atoms with Crippen LogP contribution in [0.15, 0.2) is 71.7 Å². The minimum Gasteiger partial charge on any atom is -0.506 e. The maximum Gasteiger partial charge on any atom is 0.168 e. The van der Waals surface area contributed by atoms with Crippen LogP contribution >= 0.6 is 47.8 Å². The van der Waals surface area contributed by atoms with Gasteiger partial charge in [0.1, 0.15) is 11.4 Å². The number of halogens is 3. The molecule has 3 aromatic heterocycles. The molecule has 0 aliphatic rings. The van der Waals surface area contributed by atoms with Crippen molar-refractivity contribution in [2.24, 2.45) is 4.99 Å². The number of rotatable bonds is 3. The van der Waals surface area contributed by atoms with Crippen molar-refractivity contribution < 1.29 is 9.52 Å². The van der Waals surface area contributed by atoms with E-state index < -0.39 is 0 Å². The van der Waals surface area contributed by atoms with Crippen molar-refractivity contribution in [2.75, 3.05) is 0 Å². The summed E-state index contributed by atoms with van der Waals surface area (Å²) in [5, 5.41) is 10.3. The number of nitrogens with zero attached hydrogens (tertiary/aromatic N) is 3. The first-order valence-electron chi connectivity index (χ1n) is 7.46. The summed E-state index contributed by atoms with van der Waals surface area (Å²) >= 11 is 10.2. The fraction of sp³-hybridized carbons (Fsp3) is 0. The number of hydrogen-bond acceptors (Lipinski definition) is 4. The Morgan fingerprint density at radius 3 is 2.73 bits per heavy atom. The highest BCUT2D eigenvalue weighted by Crippen LogP contribution is 2.34. The number of pyridine rings is 1. The molecule has 0 saturated heterocycles. The van der Waals surface area contributed by atoms with E-state index in [0.29, 0.717) is 27.3 Å². The molecule has 130 valence electrons. The van der Waals surface area contributed by atoms with Crippen molar-refractivity contribution in [2.45, 2.75) is 0 Å². The van der Waals surface area contributed by atoms with Crippen molar-refractivity contribution in [3.05, 3.63) is 67.8 Å². The zero-order valence-electron chi connectivity index (χ0n) is 13.0. The molecule has 0 bridgehead atoms. The van der Waals surface area contributed by atoms with E-state index in [2.05, 4.69) is 57.8 Å². The van der Waals surface area contributed by atoms with Gasteiger partial charge in [0.2, 0.25) is 0 Å². The monoisotopic (exact) mass is 537 g/mol. The molecule has 0 atom stereocenters. The van der Waals surface area contributed by atoms with Gasteiger partial charge in [0, 0.05) is 26.9 Å². The standard InChI is InChI=1S/C18H10Br3N3O2/c19-11-3-4-15-23-16(14-2-1-5-26-14)18(24(15)9-11)22-8-10-6-12(20)7-13(21)17(10)25/h1-9,25H. The van der Waals surface area contributed by atoms with Crippen molar-refractivity contribution in [3.63, 3.8) is 0 Å². The largest absolute Gasteiger partial charge is 0.506 e. The third kappa shape index (κ3) is 3.24. The van der Waals surface area contributed by atoms with Gasteiger partial charge in [0.05, 0.1) is 10.7 Å². The molecule has 0 spiro atoms. The van der Waals surface area contributed by atoms with Gasteiger partial charge < -0.3 is 9.52 Å². The van der Waals surface area contributed by atoms with Crippen LogP contribution in [-0.4, -0.2) is 20.7 Å². The van der Waals surface area contributed by atoms with E-state index in [1.54, 1.807) is 30.7 Å². The summed E-state index contributed by atoms with van der Waals surface area (Å²) in [4.78, 5) is 9.22. The average Bonchev–Trinajstić information content (AvgIpc) is 3.24. The Morgan fingerprint density at radius 1 is 1.12 bits per heavy atom. The van der Waals surface area contributed by atoms with Crippen LogP contribution in [0.1, 0.15) is 5.56 Å². The second-order valence-electron chi connectivity index (χ2n) is 5.42. The van der Waals surface area contributed by atoms with Crippen molar-refractivity contribution >= 4 is 65.5 Å². The number of phenols is 1. The van der Waals surface area contributed by atoms with Crippen LogP contribution in [0, 0.1) is 0 Å². The summed E-state index contributed by atoms with van der Waals surface area (Å²) in [6, 6.07) is 11.0. The third-order valence-electron chi connectivity index (χ3n) is 3.70. The van der Waals surface area contributed by atoms with Gasteiger partial charge in [0.15, 0.2) is 17.3 Å². The molecule has 0 aliphatic carbocycles. The number of aromatic hydroxyl groups is 1. The SMILES string of the molecule is Oc1c(Br)cc(Br)cc1C=Nc1c(-c2ccco2)nc2ccc(Br)cn12. The maximum absolute atomic E-state index is 10.3. The van der Waals surface area contributed by atoms with Crippen LogP contribution in [-0.2, 0) is 0 Å². The number of aromatic nitrogens is 2. The number of phenolic OH excluding ortho intramolecular Hbond substituents is 1.